The zero-order valence-electron chi connectivity index (χ0n) is 13.0. The lowest BCUT2D eigenvalue weighted by atomic mass is 10.2. The number of halogens is 1. The molecule has 1 atom stereocenters. The molecule has 5 rings (SSSR count). The van der Waals surface area contributed by atoms with E-state index in [0.29, 0.717) is 13.2 Å². The third kappa shape index (κ3) is 2.51. The topological polar surface area (TPSA) is 61.2 Å². The molecular formula is C17H13ClN4O2S. The highest BCUT2D eigenvalue weighted by Gasteiger charge is 2.29. The summed E-state index contributed by atoms with van der Waals surface area (Å²) in [5, 5.41) is 10.1. The first-order valence-electron chi connectivity index (χ1n) is 7.83. The molecule has 1 unspecified atom stereocenters. The van der Waals surface area contributed by atoms with Crippen LogP contribution < -0.4 is 14.9 Å². The average Bonchev–Trinajstić information content (AvgIpc) is 3.22. The molecule has 2 aliphatic rings. The highest BCUT2D eigenvalue weighted by Crippen LogP contribution is 2.43. The summed E-state index contributed by atoms with van der Waals surface area (Å²) in [6, 6.07) is 13.6. The molecule has 25 heavy (non-hydrogen) atoms. The lowest BCUT2D eigenvalue weighted by Crippen LogP contribution is -2.16. The van der Waals surface area contributed by atoms with Crippen LogP contribution in [0.1, 0.15) is 10.9 Å². The maximum Gasteiger partial charge on any atom is 0.212 e. The Labute approximate surface area is 153 Å². The van der Waals surface area contributed by atoms with Gasteiger partial charge in [0.2, 0.25) is 5.16 Å². The molecule has 6 nitrogen and oxygen atoms in total. The first kappa shape index (κ1) is 14.9. The molecule has 8 heteroatoms. The Bertz CT molecular complexity index is 962. The van der Waals surface area contributed by atoms with Gasteiger partial charge < -0.3 is 14.9 Å². The molecule has 0 bridgehead atoms. The quantitative estimate of drug-likeness (QED) is 0.739. The number of hydrogen-bond acceptors (Lipinski definition) is 6. The van der Waals surface area contributed by atoms with Gasteiger partial charge in [-0.05, 0) is 24.3 Å². The Morgan fingerprint density at radius 1 is 1.08 bits per heavy atom. The molecule has 3 aromatic rings. The first-order chi connectivity index (χ1) is 12.3. The van der Waals surface area contributed by atoms with Crippen LogP contribution in [-0.2, 0) is 0 Å². The molecular weight excluding hydrogens is 360 g/mol. The maximum atomic E-state index is 6.32. The fraction of sp³-hybridized carbons (Fsp3) is 0.176. The Morgan fingerprint density at radius 2 is 1.92 bits per heavy atom. The zero-order chi connectivity index (χ0) is 16.8. The third-order valence-electron chi connectivity index (χ3n) is 4.09. The maximum absolute atomic E-state index is 6.32. The molecule has 0 saturated heterocycles. The molecule has 3 heterocycles. The van der Waals surface area contributed by atoms with Crippen LogP contribution in [0, 0.1) is 0 Å². The standard InChI is InChI=1S/C17H13ClN4O2S/c18-12-4-2-1-3-11(12)16-21-22-15(19-20-17(22)25-16)10-5-6-13-14(9-10)24-8-7-23-13/h1-6,9,16,21H,7-8H2. The smallest absolute Gasteiger partial charge is 0.212 e. The summed E-state index contributed by atoms with van der Waals surface area (Å²) in [6.45, 7) is 1.13. The SMILES string of the molecule is Clc1ccccc1C1Nn2c(nnc2-c2ccc3c(c2)OCCO3)S1. The van der Waals surface area contributed by atoms with E-state index in [1.807, 2.05) is 47.1 Å². The number of fused-ring (bicyclic) bond motifs is 2. The van der Waals surface area contributed by atoms with E-state index in [4.69, 9.17) is 21.1 Å². The predicted octanol–water partition coefficient (Wildman–Crippen LogP) is 3.72. The van der Waals surface area contributed by atoms with E-state index in [0.717, 1.165) is 38.6 Å². The van der Waals surface area contributed by atoms with Crippen LogP contribution >= 0.6 is 23.4 Å². The Kier molecular flexibility index (Phi) is 3.50. The highest BCUT2D eigenvalue weighted by molar-refractivity contribution is 7.99. The Morgan fingerprint density at radius 3 is 2.80 bits per heavy atom. The molecule has 0 radical (unpaired) electrons. The van der Waals surface area contributed by atoms with E-state index in [1.54, 1.807) is 11.8 Å². The molecule has 0 spiro atoms. The summed E-state index contributed by atoms with van der Waals surface area (Å²) in [6.07, 6.45) is 0. The minimum atomic E-state index is -0.00448. The first-order valence-corrected chi connectivity index (χ1v) is 9.08. The van der Waals surface area contributed by atoms with Crippen LogP contribution in [0.4, 0.5) is 0 Å². The lowest BCUT2D eigenvalue weighted by Gasteiger charge is -2.19. The number of hydrogen-bond donors (Lipinski definition) is 1. The third-order valence-corrected chi connectivity index (χ3v) is 5.51. The van der Waals surface area contributed by atoms with Crippen LogP contribution in [0.2, 0.25) is 5.02 Å². The number of thioether (sulfide) groups is 1. The monoisotopic (exact) mass is 372 g/mol. The van der Waals surface area contributed by atoms with E-state index >= 15 is 0 Å². The van der Waals surface area contributed by atoms with E-state index in [1.165, 1.54) is 0 Å². The summed E-state index contributed by atoms with van der Waals surface area (Å²) >= 11 is 7.91. The highest BCUT2D eigenvalue weighted by atomic mass is 35.5. The van der Waals surface area contributed by atoms with Crippen molar-refractivity contribution in [3.05, 3.63) is 53.1 Å². The van der Waals surface area contributed by atoms with Crippen molar-refractivity contribution in [2.24, 2.45) is 0 Å². The minimum Gasteiger partial charge on any atom is -0.486 e. The van der Waals surface area contributed by atoms with Gasteiger partial charge in [-0.3, -0.25) is 0 Å². The molecule has 2 aliphatic heterocycles. The summed E-state index contributed by atoms with van der Waals surface area (Å²) in [5.74, 6) is 2.22. The van der Waals surface area contributed by atoms with Gasteiger partial charge in [0, 0.05) is 16.1 Å². The van der Waals surface area contributed by atoms with Crippen LogP contribution in [0.25, 0.3) is 11.4 Å². The number of nitrogens with one attached hydrogen (secondary N) is 1. The summed E-state index contributed by atoms with van der Waals surface area (Å²) < 4.78 is 13.1. The van der Waals surface area contributed by atoms with Crippen LogP contribution in [0.15, 0.2) is 47.6 Å². The van der Waals surface area contributed by atoms with Gasteiger partial charge in [-0.2, -0.15) is 0 Å². The van der Waals surface area contributed by atoms with Crippen molar-refractivity contribution in [3.63, 3.8) is 0 Å². The Balaban J connectivity index is 1.49. The minimum absolute atomic E-state index is 0.00448. The average molecular weight is 373 g/mol. The van der Waals surface area contributed by atoms with Crippen molar-refractivity contribution in [1.29, 1.82) is 0 Å². The Hall–Kier alpha value is -2.38. The van der Waals surface area contributed by atoms with Gasteiger partial charge in [0.1, 0.15) is 18.6 Å². The van der Waals surface area contributed by atoms with Gasteiger partial charge in [-0.15, -0.1) is 10.2 Å². The molecule has 0 aliphatic carbocycles. The van der Waals surface area contributed by atoms with Gasteiger partial charge >= 0.3 is 0 Å². The summed E-state index contributed by atoms with van der Waals surface area (Å²) in [7, 11) is 0. The normalized spacial score (nSPS) is 17.9. The number of ether oxygens (including phenoxy) is 2. The van der Waals surface area contributed by atoms with E-state index in [-0.39, 0.29) is 5.37 Å². The molecule has 0 fully saturated rings. The second kappa shape index (κ2) is 5.86. The van der Waals surface area contributed by atoms with E-state index in [2.05, 4.69) is 15.6 Å². The molecule has 0 saturated carbocycles. The fourth-order valence-corrected chi connectivity index (χ4v) is 4.25. The van der Waals surface area contributed by atoms with Gasteiger partial charge in [0.05, 0.1) is 0 Å². The number of rotatable bonds is 2. The largest absolute Gasteiger partial charge is 0.486 e. The molecule has 0 amide bonds. The van der Waals surface area contributed by atoms with Crippen molar-refractivity contribution < 1.29 is 9.47 Å². The second-order valence-electron chi connectivity index (χ2n) is 5.65. The van der Waals surface area contributed by atoms with Crippen LogP contribution in [0.5, 0.6) is 11.5 Å². The molecule has 1 aromatic heterocycles. The lowest BCUT2D eigenvalue weighted by molar-refractivity contribution is 0.171. The molecule has 1 N–H and O–H groups in total. The van der Waals surface area contributed by atoms with E-state index in [9.17, 15) is 0 Å². The van der Waals surface area contributed by atoms with Gasteiger partial charge in [0.15, 0.2) is 17.3 Å². The van der Waals surface area contributed by atoms with Crippen LogP contribution in [0.3, 0.4) is 0 Å². The number of aromatic nitrogens is 3. The zero-order valence-corrected chi connectivity index (χ0v) is 14.5. The fourth-order valence-electron chi connectivity index (χ4n) is 2.90. The van der Waals surface area contributed by atoms with Crippen molar-refractivity contribution in [2.45, 2.75) is 10.5 Å². The van der Waals surface area contributed by atoms with Gasteiger partial charge in [-0.25, -0.2) is 4.68 Å². The summed E-state index contributed by atoms with van der Waals surface area (Å²) in [5.41, 5.74) is 5.35. The van der Waals surface area contributed by atoms with Crippen molar-refractivity contribution in [1.82, 2.24) is 14.9 Å². The molecule has 2 aromatic carbocycles. The van der Waals surface area contributed by atoms with Gasteiger partial charge in [-0.1, -0.05) is 41.6 Å². The van der Waals surface area contributed by atoms with Crippen LogP contribution in [-0.4, -0.2) is 28.1 Å². The van der Waals surface area contributed by atoms with E-state index < -0.39 is 0 Å². The number of benzene rings is 2. The van der Waals surface area contributed by atoms with Crippen molar-refractivity contribution in [2.75, 3.05) is 18.6 Å². The van der Waals surface area contributed by atoms with Gasteiger partial charge in [0.25, 0.3) is 0 Å². The number of nitrogens with zero attached hydrogens (tertiary/aromatic N) is 3. The van der Waals surface area contributed by atoms with Crippen molar-refractivity contribution >= 4 is 23.4 Å². The molecule has 126 valence electrons. The van der Waals surface area contributed by atoms with Crippen molar-refractivity contribution in [3.8, 4) is 22.9 Å². The predicted molar refractivity (Wildman–Crippen MR) is 95.9 cm³/mol. The second-order valence-corrected chi connectivity index (χ2v) is 7.13. The summed E-state index contributed by atoms with van der Waals surface area (Å²) in [4.78, 5) is 0.